The molecule has 438 valence electrons. The second kappa shape index (κ2) is 32.4. The fourth-order valence-corrected chi connectivity index (χ4v) is 8.25. The number of aromatic hydroxyl groups is 1. The maximum Gasteiger partial charge on any atom is 0.326 e. The number of carboxylic acid groups (broad SMARTS) is 3. The van der Waals surface area contributed by atoms with Crippen LogP contribution in [0.5, 0.6) is 5.75 Å². The molecule has 0 radical (unpaired) electrons. The van der Waals surface area contributed by atoms with Crippen molar-refractivity contribution in [1.82, 2.24) is 47.5 Å². The van der Waals surface area contributed by atoms with E-state index in [2.05, 4.69) is 52.5 Å². The van der Waals surface area contributed by atoms with Crippen LogP contribution in [-0.2, 0) is 65.6 Å². The van der Waals surface area contributed by atoms with Crippen LogP contribution in [0.15, 0.2) is 59.7 Å². The Kier molecular flexibility index (Phi) is 26.6. The number of carbonyl (C=O) groups excluding carboxylic acids is 8. The molecule has 0 fully saturated rings. The topological polar surface area (TPSA) is 491 Å². The summed E-state index contributed by atoms with van der Waals surface area (Å²) < 4.78 is 0. The number of aliphatic hydroxyl groups excluding tert-OH is 1. The third kappa shape index (κ3) is 22.1. The number of aliphatic hydroxyl groups is 1. The number of nitrogens with two attached hydrogens (primary N) is 3. The predicted octanol–water partition coefficient (Wildman–Crippen LogP) is -3.63. The van der Waals surface area contributed by atoms with E-state index in [1.165, 1.54) is 49.9 Å². The van der Waals surface area contributed by atoms with Crippen LogP contribution in [0.4, 0.5) is 0 Å². The van der Waals surface area contributed by atoms with Crippen LogP contribution in [0, 0.1) is 5.92 Å². The highest BCUT2D eigenvalue weighted by Crippen LogP contribution is 2.20. The highest BCUT2D eigenvalue weighted by molar-refractivity contribution is 7.98. The third-order valence-corrected chi connectivity index (χ3v) is 12.7. The molecule has 0 saturated heterocycles. The van der Waals surface area contributed by atoms with Crippen LogP contribution in [0.2, 0.25) is 0 Å². The lowest BCUT2D eigenvalue weighted by Crippen LogP contribution is -2.60. The number of phenolic OH excluding ortho intramolecular Hbond substituents is 1. The summed E-state index contributed by atoms with van der Waals surface area (Å²) in [5.74, 6) is -13.8. The molecule has 20 N–H and O–H groups in total. The molecule has 2 aromatic carbocycles. The van der Waals surface area contributed by atoms with Gasteiger partial charge in [0.2, 0.25) is 47.3 Å². The van der Waals surface area contributed by atoms with E-state index >= 15 is 0 Å². The smallest absolute Gasteiger partial charge is 0.326 e. The summed E-state index contributed by atoms with van der Waals surface area (Å²) in [5, 5.41) is 68.4. The molecule has 0 bridgehead atoms. The van der Waals surface area contributed by atoms with Crippen LogP contribution >= 0.6 is 11.8 Å². The monoisotopic (exact) mass is 1140 g/mol. The van der Waals surface area contributed by atoms with Gasteiger partial charge in [0, 0.05) is 36.5 Å². The highest BCUT2D eigenvalue weighted by Gasteiger charge is 2.36. The van der Waals surface area contributed by atoms with Gasteiger partial charge in [-0.15, -0.1) is 0 Å². The minimum atomic E-state index is -1.98. The van der Waals surface area contributed by atoms with Crippen molar-refractivity contribution in [3.05, 3.63) is 65.9 Å². The standard InChI is InChI=1S/C50H71N13O16S/c1-24(2)40(49(78)79)62-48(77)41(25(3)64)63-47(76)36(21-39(69)70)57-37(66)23-56-43(72)35(20-38(67)68)61-45(74)33(18-26-11-13-28(65)14-12-26)59-46(75)34(19-27-22-55-31-10-6-5-8-29(27)31)60-44(73)32(15-17-80-4)58-42(71)30(51)9-7-16-54-50(52)53/h5-6,8,10-14,22,24-25,30,32-36,40-41,55,64-65H,7,9,15-21,23,51H2,1-4H3,(H,56,72)(H,57,66)(H,58,71)(H,59,75)(H,60,73)(H,61,74)(H,62,77)(H,63,76)(H,67,68)(H,69,70)(H,78,79)(H4,52,53,54)/t25-,30+,32+,33+,34+,35+,36+,40+,41+/m1/s1. The Bertz CT molecular complexity index is 2700. The van der Waals surface area contributed by atoms with Crippen molar-refractivity contribution in [2.45, 2.75) is 120 Å². The summed E-state index contributed by atoms with van der Waals surface area (Å²) in [4.78, 5) is 152. The first-order valence-corrected chi connectivity index (χ1v) is 26.5. The number of H-pyrrole nitrogens is 1. The Morgan fingerprint density at radius 1 is 0.637 bits per heavy atom. The molecule has 0 aliphatic carbocycles. The Morgan fingerprint density at radius 2 is 1.18 bits per heavy atom. The first-order chi connectivity index (χ1) is 37.7. The Labute approximate surface area is 463 Å². The SMILES string of the molecule is CSCC[C@H](NC(=O)[C@@H](N)CCCN=C(N)N)C(=O)N[C@@H](Cc1c[nH]c2ccccc12)C(=O)N[C@@H](Cc1ccc(O)cc1)C(=O)N[C@@H](CC(=O)O)C(=O)NCC(=O)N[C@@H](CC(=O)O)C(=O)N[C@H](C(=O)N[C@H](C(=O)O)C(C)C)[C@@H](C)O. The van der Waals surface area contributed by atoms with E-state index in [-0.39, 0.29) is 43.9 Å². The summed E-state index contributed by atoms with van der Waals surface area (Å²) in [5.41, 5.74) is 18.5. The van der Waals surface area contributed by atoms with Crippen LogP contribution in [0.3, 0.4) is 0 Å². The number of amides is 8. The molecule has 0 spiro atoms. The molecule has 3 aromatic rings. The molecule has 1 heterocycles. The van der Waals surface area contributed by atoms with Gasteiger partial charge in [0.05, 0.1) is 31.5 Å². The van der Waals surface area contributed by atoms with Gasteiger partial charge in [0.1, 0.15) is 48.0 Å². The van der Waals surface area contributed by atoms with Crippen molar-refractivity contribution < 1.29 is 78.3 Å². The van der Waals surface area contributed by atoms with E-state index in [1.54, 1.807) is 36.7 Å². The third-order valence-electron chi connectivity index (χ3n) is 12.0. The Hall–Kier alpha value is -8.51. The number of hydrogen-bond donors (Lipinski definition) is 17. The van der Waals surface area contributed by atoms with E-state index in [9.17, 15) is 78.3 Å². The average Bonchev–Trinajstić information content (AvgIpc) is 3.79. The number of aromatic amines is 1. The number of aliphatic carboxylic acids is 3. The second-order valence-electron chi connectivity index (χ2n) is 18.8. The van der Waals surface area contributed by atoms with Gasteiger partial charge >= 0.3 is 17.9 Å². The largest absolute Gasteiger partial charge is 0.508 e. The lowest BCUT2D eigenvalue weighted by atomic mass is 10.0. The van der Waals surface area contributed by atoms with Gasteiger partial charge in [0.25, 0.3) is 0 Å². The molecule has 9 atom stereocenters. The number of phenols is 1. The predicted molar refractivity (Wildman–Crippen MR) is 290 cm³/mol. The number of aromatic nitrogens is 1. The molecule has 80 heavy (non-hydrogen) atoms. The summed E-state index contributed by atoms with van der Waals surface area (Å²) >= 11 is 1.38. The van der Waals surface area contributed by atoms with Gasteiger partial charge < -0.3 is 90.3 Å². The molecule has 29 nitrogen and oxygen atoms in total. The number of hydrogen-bond acceptors (Lipinski definition) is 16. The summed E-state index contributed by atoms with van der Waals surface area (Å²) in [7, 11) is 0. The molecule has 0 aliphatic heterocycles. The number of aliphatic imine (C=N–C) groups is 1. The molecule has 8 amide bonds. The first-order valence-electron chi connectivity index (χ1n) is 25.1. The van der Waals surface area contributed by atoms with Gasteiger partial charge in [-0.25, -0.2) is 4.79 Å². The lowest BCUT2D eigenvalue weighted by Gasteiger charge is -2.27. The Balaban J connectivity index is 1.91. The average molecular weight is 1140 g/mol. The Morgan fingerprint density at radius 3 is 1.74 bits per heavy atom. The molecule has 3 rings (SSSR count). The number of thioether (sulfide) groups is 1. The minimum Gasteiger partial charge on any atom is -0.508 e. The fraction of sp³-hybridized carbons (Fsp3) is 0.480. The second-order valence-corrected chi connectivity index (χ2v) is 19.8. The van der Waals surface area contributed by atoms with E-state index in [0.29, 0.717) is 34.2 Å². The summed E-state index contributed by atoms with van der Waals surface area (Å²) in [6.45, 7) is 3.17. The van der Waals surface area contributed by atoms with Crippen LogP contribution < -0.4 is 59.7 Å². The zero-order chi connectivity index (χ0) is 59.8. The first kappa shape index (κ1) is 65.8. The van der Waals surface area contributed by atoms with Crippen molar-refractivity contribution >= 4 is 93.8 Å². The van der Waals surface area contributed by atoms with Crippen molar-refractivity contribution in [2.75, 3.05) is 25.1 Å². The van der Waals surface area contributed by atoms with E-state index < -0.39 is 145 Å². The number of carbonyl (C=O) groups is 11. The number of rotatable bonds is 34. The highest BCUT2D eigenvalue weighted by atomic mass is 32.2. The van der Waals surface area contributed by atoms with E-state index in [4.69, 9.17) is 17.2 Å². The minimum absolute atomic E-state index is 0.0980. The zero-order valence-electron chi connectivity index (χ0n) is 44.4. The number of nitrogens with one attached hydrogen (secondary N) is 9. The number of nitrogens with zero attached hydrogens (tertiary/aromatic N) is 1. The van der Waals surface area contributed by atoms with Gasteiger partial charge in [0.15, 0.2) is 5.96 Å². The van der Waals surface area contributed by atoms with Crippen molar-refractivity contribution in [1.29, 1.82) is 0 Å². The van der Waals surface area contributed by atoms with Crippen LogP contribution in [0.1, 0.15) is 64.0 Å². The lowest BCUT2D eigenvalue weighted by molar-refractivity contribution is -0.145. The molecule has 30 heteroatoms. The van der Waals surface area contributed by atoms with E-state index in [0.717, 1.165) is 6.92 Å². The van der Waals surface area contributed by atoms with Crippen LogP contribution in [-0.4, -0.2) is 181 Å². The van der Waals surface area contributed by atoms with Gasteiger partial charge in [-0.05, 0) is 73.4 Å². The number of fused-ring (bicyclic) bond motifs is 1. The van der Waals surface area contributed by atoms with Gasteiger partial charge in [-0.3, -0.25) is 52.9 Å². The van der Waals surface area contributed by atoms with Crippen molar-refractivity contribution in [3.8, 4) is 5.75 Å². The summed E-state index contributed by atoms with van der Waals surface area (Å²) in [6.07, 6.45) is -0.421. The number of benzene rings is 2. The van der Waals surface area contributed by atoms with E-state index in [1.807, 2.05) is 0 Å². The number of guanidine groups is 1. The normalized spacial score (nSPS) is 14.4. The molecule has 0 saturated carbocycles. The molecule has 0 unspecified atom stereocenters. The van der Waals surface area contributed by atoms with Gasteiger partial charge in [-0.2, -0.15) is 11.8 Å². The van der Waals surface area contributed by atoms with Gasteiger partial charge in [-0.1, -0.05) is 44.2 Å². The zero-order valence-corrected chi connectivity index (χ0v) is 45.2. The fourth-order valence-electron chi connectivity index (χ4n) is 7.78. The maximum atomic E-state index is 14.6. The van der Waals surface area contributed by atoms with Crippen LogP contribution in [0.25, 0.3) is 10.9 Å². The molecular formula is C50H71N13O16S. The number of carboxylic acids is 3. The molecular weight excluding hydrogens is 1070 g/mol. The molecule has 0 aliphatic rings. The summed E-state index contributed by atoms with van der Waals surface area (Å²) in [6, 6.07) is -0.183. The number of para-hydroxylation sites is 1. The molecule has 1 aromatic heterocycles. The van der Waals surface area contributed by atoms with Crippen molar-refractivity contribution in [3.63, 3.8) is 0 Å². The quantitative estimate of drug-likeness (QED) is 0.0156. The maximum absolute atomic E-state index is 14.6. The van der Waals surface area contributed by atoms with Crippen molar-refractivity contribution in [2.24, 2.45) is 28.1 Å².